The number of hydrogen-bond donors (Lipinski definition) is 0. The standard InChI is InChI=1S/C14H24N2O2/c1-6-12-11(9-14(17)18-8-3)13(7-2)16(15-12)10(4)5/h10H,6-9H2,1-5H3. The summed E-state index contributed by atoms with van der Waals surface area (Å²) in [6.07, 6.45) is 2.08. The fraction of sp³-hybridized carbons (Fsp3) is 0.714. The number of aryl methyl sites for hydroxylation is 1. The Hall–Kier alpha value is -1.32. The molecule has 0 unspecified atom stereocenters. The van der Waals surface area contributed by atoms with Crippen molar-refractivity contribution < 1.29 is 9.53 Å². The van der Waals surface area contributed by atoms with Gasteiger partial charge >= 0.3 is 5.97 Å². The highest BCUT2D eigenvalue weighted by molar-refractivity contribution is 5.73. The van der Waals surface area contributed by atoms with Crippen LogP contribution in [0.3, 0.4) is 0 Å². The van der Waals surface area contributed by atoms with E-state index in [1.54, 1.807) is 0 Å². The van der Waals surface area contributed by atoms with Crippen LogP contribution >= 0.6 is 0 Å². The first-order valence-electron chi connectivity index (χ1n) is 6.79. The first-order valence-corrected chi connectivity index (χ1v) is 6.79. The second kappa shape index (κ2) is 6.57. The summed E-state index contributed by atoms with van der Waals surface area (Å²) < 4.78 is 7.07. The van der Waals surface area contributed by atoms with Crippen LogP contribution in [0.4, 0.5) is 0 Å². The van der Waals surface area contributed by atoms with Gasteiger partial charge in [-0.2, -0.15) is 5.10 Å². The molecule has 0 spiro atoms. The fourth-order valence-electron chi connectivity index (χ4n) is 2.20. The molecule has 1 aromatic rings. The highest BCUT2D eigenvalue weighted by Gasteiger charge is 2.19. The van der Waals surface area contributed by atoms with Gasteiger partial charge in [0, 0.05) is 17.3 Å². The third kappa shape index (κ3) is 3.12. The number of aromatic nitrogens is 2. The molecule has 0 atom stereocenters. The smallest absolute Gasteiger partial charge is 0.310 e. The Bertz CT molecular complexity index is 408. The number of carbonyl (C=O) groups is 1. The topological polar surface area (TPSA) is 44.1 Å². The number of esters is 1. The summed E-state index contributed by atoms with van der Waals surface area (Å²) in [5.74, 6) is -0.162. The summed E-state index contributed by atoms with van der Waals surface area (Å²) in [6.45, 7) is 10.7. The summed E-state index contributed by atoms with van der Waals surface area (Å²) in [7, 11) is 0. The molecule has 0 amide bonds. The number of nitrogens with zero attached hydrogens (tertiary/aromatic N) is 2. The van der Waals surface area contributed by atoms with E-state index >= 15 is 0 Å². The van der Waals surface area contributed by atoms with Gasteiger partial charge in [0.15, 0.2) is 0 Å². The van der Waals surface area contributed by atoms with Crippen molar-refractivity contribution in [2.75, 3.05) is 6.61 Å². The van der Waals surface area contributed by atoms with E-state index in [9.17, 15) is 4.79 Å². The van der Waals surface area contributed by atoms with Crippen molar-refractivity contribution in [2.24, 2.45) is 0 Å². The average Bonchev–Trinajstić information content (AvgIpc) is 2.67. The van der Waals surface area contributed by atoms with Gasteiger partial charge in [0.1, 0.15) is 0 Å². The van der Waals surface area contributed by atoms with Crippen LogP contribution in [0.25, 0.3) is 0 Å². The van der Waals surface area contributed by atoms with E-state index in [2.05, 4.69) is 32.8 Å². The monoisotopic (exact) mass is 252 g/mol. The van der Waals surface area contributed by atoms with Crippen LogP contribution in [0.5, 0.6) is 0 Å². The summed E-state index contributed by atoms with van der Waals surface area (Å²) in [5, 5.41) is 4.62. The third-order valence-electron chi connectivity index (χ3n) is 2.99. The highest BCUT2D eigenvalue weighted by Crippen LogP contribution is 2.20. The summed E-state index contributed by atoms with van der Waals surface area (Å²) >= 11 is 0. The predicted octanol–water partition coefficient (Wildman–Crippen LogP) is 2.69. The van der Waals surface area contributed by atoms with Crippen molar-refractivity contribution in [3.05, 3.63) is 17.0 Å². The average molecular weight is 252 g/mol. The van der Waals surface area contributed by atoms with E-state index < -0.39 is 0 Å². The molecule has 1 aromatic heterocycles. The Labute approximate surface area is 109 Å². The van der Waals surface area contributed by atoms with Gasteiger partial charge in [-0.1, -0.05) is 13.8 Å². The van der Waals surface area contributed by atoms with Crippen LogP contribution in [0.2, 0.25) is 0 Å². The van der Waals surface area contributed by atoms with Crippen LogP contribution in [-0.2, 0) is 28.8 Å². The Morgan fingerprint density at radius 1 is 1.28 bits per heavy atom. The zero-order chi connectivity index (χ0) is 13.7. The third-order valence-corrected chi connectivity index (χ3v) is 2.99. The van der Waals surface area contributed by atoms with E-state index in [1.807, 2.05) is 11.6 Å². The van der Waals surface area contributed by atoms with Crippen molar-refractivity contribution in [3.8, 4) is 0 Å². The molecule has 4 nitrogen and oxygen atoms in total. The van der Waals surface area contributed by atoms with Gasteiger partial charge in [-0.05, 0) is 33.6 Å². The molecule has 0 bridgehead atoms. The minimum Gasteiger partial charge on any atom is -0.466 e. The molecule has 1 heterocycles. The Morgan fingerprint density at radius 2 is 1.94 bits per heavy atom. The van der Waals surface area contributed by atoms with E-state index in [1.165, 1.54) is 0 Å². The Kier molecular flexibility index (Phi) is 5.38. The van der Waals surface area contributed by atoms with Crippen LogP contribution < -0.4 is 0 Å². The van der Waals surface area contributed by atoms with E-state index in [0.29, 0.717) is 19.1 Å². The molecule has 0 radical (unpaired) electrons. The summed E-state index contributed by atoms with van der Waals surface area (Å²) in [5.41, 5.74) is 3.25. The summed E-state index contributed by atoms with van der Waals surface area (Å²) in [4.78, 5) is 11.7. The normalized spacial score (nSPS) is 11.0. The van der Waals surface area contributed by atoms with Gasteiger partial charge < -0.3 is 4.74 Å². The number of rotatable bonds is 6. The lowest BCUT2D eigenvalue weighted by atomic mass is 10.1. The summed E-state index contributed by atoms with van der Waals surface area (Å²) in [6, 6.07) is 0.321. The molecular formula is C14H24N2O2. The maximum atomic E-state index is 11.7. The fourth-order valence-corrected chi connectivity index (χ4v) is 2.20. The molecule has 0 aliphatic heterocycles. The molecule has 0 aromatic carbocycles. The van der Waals surface area contributed by atoms with Crippen LogP contribution in [0.15, 0.2) is 0 Å². The van der Waals surface area contributed by atoms with Crippen molar-refractivity contribution in [2.45, 2.75) is 59.9 Å². The predicted molar refractivity (Wildman–Crippen MR) is 71.7 cm³/mol. The lowest BCUT2D eigenvalue weighted by Crippen LogP contribution is -2.11. The van der Waals surface area contributed by atoms with Gasteiger partial charge in [0.05, 0.1) is 18.7 Å². The first-order chi connectivity index (χ1) is 8.54. The SMILES string of the molecule is CCOC(=O)Cc1c(CC)nn(C(C)C)c1CC. The molecule has 18 heavy (non-hydrogen) atoms. The first kappa shape index (κ1) is 14.7. The highest BCUT2D eigenvalue weighted by atomic mass is 16.5. The molecule has 102 valence electrons. The second-order valence-corrected chi connectivity index (χ2v) is 4.60. The molecule has 0 saturated carbocycles. The van der Waals surface area contributed by atoms with Crippen molar-refractivity contribution in [3.63, 3.8) is 0 Å². The molecule has 0 aliphatic rings. The van der Waals surface area contributed by atoms with Crippen molar-refractivity contribution in [1.29, 1.82) is 0 Å². The zero-order valence-electron chi connectivity index (χ0n) is 12.1. The molecular weight excluding hydrogens is 228 g/mol. The molecule has 0 N–H and O–H groups in total. The Balaban J connectivity index is 3.10. The second-order valence-electron chi connectivity index (χ2n) is 4.60. The zero-order valence-corrected chi connectivity index (χ0v) is 12.1. The Morgan fingerprint density at radius 3 is 2.39 bits per heavy atom. The number of hydrogen-bond acceptors (Lipinski definition) is 3. The molecule has 0 aliphatic carbocycles. The van der Waals surface area contributed by atoms with Crippen LogP contribution in [0, 0.1) is 0 Å². The largest absolute Gasteiger partial charge is 0.466 e. The molecule has 4 heteroatoms. The number of ether oxygens (including phenoxy) is 1. The quantitative estimate of drug-likeness (QED) is 0.731. The lowest BCUT2D eigenvalue weighted by Gasteiger charge is -2.10. The van der Waals surface area contributed by atoms with E-state index in [4.69, 9.17) is 4.74 Å². The van der Waals surface area contributed by atoms with Crippen LogP contribution in [-0.4, -0.2) is 22.4 Å². The van der Waals surface area contributed by atoms with Crippen molar-refractivity contribution >= 4 is 5.97 Å². The van der Waals surface area contributed by atoms with Crippen LogP contribution in [0.1, 0.15) is 57.6 Å². The lowest BCUT2D eigenvalue weighted by molar-refractivity contribution is -0.142. The van der Waals surface area contributed by atoms with E-state index in [0.717, 1.165) is 29.8 Å². The van der Waals surface area contributed by atoms with E-state index in [-0.39, 0.29) is 5.97 Å². The van der Waals surface area contributed by atoms with Gasteiger partial charge in [-0.15, -0.1) is 0 Å². The van der Waals surface area contributed by atoms with Crippen molar-refractivity contribution in [1.82, 2.24) is 9.78 Å². The van der Waals surface area contributed by atoms with Gasteiger partial charge in [-0.25, -0.2) is 0 Å². The maximum Gasteiger partial charge on any atom is 0.310 e. The van der Waals surface area contributed by atoms with Gasteiger partial charge in [0.2, 0.25) is 0 Å². The molecule has 0 saturated heterocycles. The minimum atomic E-state index is -0.162. The van der Waals surface area contributed by atoms with Gasteiger partial charge in [0.25, 0.3) is 0 Å². The maximum absolute atomic E-state index is 11.7. The van der Waals surface area contributed by atoms with Gasteiger partial charge in [-0.3, -0.25) is 9.48 Å². The number of carbonyl (C=O) groups excluding carboxylic acids is 1. The minimum absolute atomic E-state index is 0.162. The molecule has 0 fully saturated rings. The molecule has 1 rings (SSSR count).